The van der Waals surface area contributed by atoms with Crippen LogP contribution in [0.4, 0.5) is 0 Å². The lowest BCUT2D eigenvalue weighted by molar-refractivity contribution is 0.319. The van der Waals surface area contributed by atoms with Gasteiger partial charge in [0, 0.05) is 51.4 Å². The van der Waals surface area contributed by atoms with E-state index in [1.165, 1.54) is 22.1 Å². The highest BCUT2D eigenvalue weighted by molar-refractivity contribution is 7.81. The molecule has 2 heterocycles. The molecule has 0 saturated carbocycles. The average molecular weight is 379 g/mol. The second-order valence-electron chi connectivity index (χ2n) is 7.09. The van der Waals surface area contributed by atoms with E-state index in [9.17, 15) is 0 Å². The fourth-order valence-corrected chi connectivity index (χ4v) is 4.18. The van der Waals surface area contributed by atoms with Crippen molar-refractivity contribution in [1.82, 2.24) is 9.88 Å². The minimum Gasteiger partial charge on any atom is -0.361 e. The Labute approximate surface area is 165 Å². The van der Waals surface area contributed by atoms with Crippen molar-refractivity contribution >= 4 is 46.7 Å². The second kappa shape index (κ2) is 7.39. The van der Waals surface area contributed by atoms with Crippen LogP contribution in [0.3, 0.4) is 0 Å². The summed E-state index contributed by atoms with van der Waals surface area (Å²) in [6.45, 7) is 1.91. The number of aromatic amines is 1. The van der Waals surface area contributed by atoms with E-state index >= 15 is 0 Å². The van der Waals surface area contributed by atoms with Gasteiger partial charge in [-0.2, -0.15) is 0 Å². The minimum absolute atomic E-state index is 0.367. The lowest BCUT2D eigenvalue weighted by Gasteiger charge is -2.33. The summed E-state index contributed by atoms with van der Waals surface area (Å²) in [7, 11) is 2.18. The molecule has 2 nitrogen and oxygen atoms in total. The van der Waals surface area contributed by atoms with Crippen molar-refractivity contribution in [2.75, 3.05) is 20.1 Å². The molecule has 0 bridgehead atoms. The topological polar surface area (TPSA) is 19.0 Å². The van der Waals surface area contributed by atoms with E-state index in [2.05, 4.69) is 90.4 Å². The molecule has 1 saturated heterocycles. The zero-order valence-electron chi connectivity index (χ0n) is 14.8. The summed E-state index contributed by atoms with van der Waals surface area (Å²) in [5.74, 6) is 0.367. The highest BCUT2D eigenvalue weighted by Gasteiger charge is 2.26. The first-order valence-electron chi connectivity index (χ1n) is 8.87. The van der Waals surface area contributed by atoms with Crippen LogP contribution in [0.2, 0.25) is 0 Å². The molecule has 0 aliphatic carbocycles. The molecule has 1 unspecified atom stereocenters. The second-order valence-corrected chi connectivity index (χ2v) is 8.04. The third-order valence-corrected chi connectivity index (χ3v) is 5.92. The molecule has 1 aliphatic rings. The fourth-order valence-electron chi connectivity index (χ4n) is 3.75. The molecule has 1 aliphatic heterocycles. The Morgan fingerprint density at radius 2 is 1.96 bits per heavy atom. The normalized spacial score (nSPS) is 20.2. The average Bonchev–Trinajstić information content (AvgIpc) is 3.04. The third-order valence-electron chi connectivity index (χ3n) is 5.03. The number of aromatic nitrogens is 1. The van der Waals surface area contributed by atoms with Gasteiger partial charge in [-0.05, 0) is 48.9 Å². The van der Waals surface area contributed by atoms with Gasteiger partial charge in [0.25, 0.3) is 0 Å². The van der Waals surface area contributed by atoms with Gasteiger partial charge < -0.3 is 9.88 Å². The number of H-pyrrole nitrogens is 1. The van der Waals surface area contributed by atoms with Crippen LogP contribution < -0.4 is 0 Å². The Kier molecular flexibility index (Phi) is 4.98. The van der Waals surface area contributed by atoms with Gasteiger partial charge in [-0.25, -0.2) is 0 Å². The third kappa shape index (κ3) is 3.63. The van der Waals surface area contributed by atoms with Gasteiger partial charge in [0.15, 0.2) is 0 Å². The molecule has 3 aromatic rings. The molecule has 2 aromatic carbocycles. The van der Waals surface area contributed by atoms with Crippen LogP contribution in [0, 0.1) is 5.92 Å². The molecule has 0 amide bonds. The van der Waals surface area contributed by atoms with Crippen LogP contribution in [0.1, 0.15) is 11.1 Å². The van der Waals surface area contributed by atoms with E-state index in [0.29, 0.717) is 5.92 Å². The number of likely N-dealkylation sites (N-methyl/N-ethyl adjacent to an activating group) is 1. The Hall–Kier alpha value is -1.88. The number of fused-ring (bicyclic) bond motifs is 1. The maximum absolute atomic E-state index is 5.90. The van der Waals surface area contributed by atoms with Crippen molar-refractivity contribution in [2.24, 2.45) is 5.92 Å². The van der Waals surface area contributed by atoms with E-state index in [4.69, 9.17) is 12.2 Å². The van der Waals surface area contributed by atoms with Crippen molar-refractivity contribution in [3.63, 3.8) is 0 Å². The number of para-hydroxylation sites is 1. The van der Waals surface area contributed by atoms with Gasteiger partial charge in [-0.15, -0.1) is 12.6 Å². The molecule has 4 heteroatoms. The quantitative estimate of drug-likeness (QED) is 0.379. The number of hydrogen-bond donors (Lipinski definition) is 2. The number of thiol groups is 1. The number of rotatable bonds is 3. The molecular formula is C22H22N2S2. The van der Waals surface area contributed by atoms with Gasteiger partial charge in [0.05, 0.1) is 0 Å². The summed E-state index contributed by atoms with van der Waals surface area (Å²) in [6, 6.07) is 16.8. The maximum Gasteiger partial charge on any atom is 0.0460 e. The first kappa shape index (κ1) is 17.5. The van der Waals surface area contributed by atoms with Crippen molar-refractivity contribution in [1.29, 1.82) is 0 Å². The Balaban J connectivity index is 1.62. The van der Waals surface area contributed by atoms with Crippen LogP contribution in [-0.4, -0.2) is 34.9 Å². The molecule has 1 atom stereocenters. The lowest BCUT2D eigenvalue weighted by Crippen LogP contribution is -2.40. The highest BCUT2D eigenvalue weighted by Crippen LogP contribution is 2.27. The van der Waals surface area contributed by atoms with Gasteiger partial charge >= 0.3 is 0 Å². The smallest absolute Gasteiger partial charge is 0.0460 e. The summed E-state index contributed by atoms with van der Waals surface area (Å²) >= 11 is 10.3. The van der Waals surface area contributed by atoms with Crippen molar-refractivity contribution in [2.45, 2.75) is 11.3 Å². The predicted molar refractivity (Wildman–Crippen MR) is 117 cm³/mol. The van der Waals surface area contributed by atoms with Crippen LogP contribution in [-0.2, 0) is 6.42 Å². The van der Waals surface area contributed by atoms with Crippen LogP contribution in [0.25, 0.3) is 17.0 Å². The predicted octanol–water partition coefficient (Wildman–Crippen LogP) is 5.01. The molecule has 1 N–H and O–H groups in total. The van der Waals surface area contributed by atoms with Gasteiger partial charge in [0.1, 0.15) is 0 Å². The van der Waals surface area contributed by atoms with E-state index in [-0.39, 0.29) is 0 Å². The summed E-state index contributed by atoms with van der Waals surface area (Å²) in [4.78, 5) is 7.82. The summed E-state index contributed by atoms with van der Waals surface area (Å²) in [6.07, 6.45) is 5.32. The van der Waals surface area contributed by atoms with Crippen LogP contribution in [0.5, 0.6) is 0 Å². The van der Waals surface area contributed by atoms with Crippen molar-refractivity contribution in [3.8, 4) is 0 Å². The molecule has 132 valence electrons. The van der Waals surface area contributed by atoms with Crippen LogP contribution in [0.15, 0.2) is 65.2 Å². The molecular weight excluding hydrogens is 356 g/mol. The fraction of sp³-hybridized carbons (Fsp3) is 0.227. The molecule has 0 spiro atoms. The zero-order chi connectivity index (χ0) is 18.1. The number of likely N-dealkylation sites (tertiary alicyclic amines) is 1. The molecule has 4 rings (SSSR count). The standard InChI is InChI=1S/C22H22N2S2/c1-24-13-17(10-15-6-8-19(25)9-7-15)22(26)18(14-24)11-16-12-23-21-5-3-2-4-20(16)21/h2-9,11-12,17,23,25H,10,13-14H2,1H3/b18-11+. The molecule has 26 heavy (non-hydrogen) atoms. The van der Waals surface area contributed by atoms with Crippen LogP contribution >= 0.6 is 24.8 Å². The maximum atomic E-state index is 5.90. The number of nitrogens with zero attached hydrogens (tertiary/aromatic N) is 1. The molecule has 1 aromatic heterocycles. The molecule has 0 radical (unpaired) electrons. The van der Waals surface area contributed by atoms with Gasteiger partial charge in [0.2, 0.25) is 0 Å². The van der Waals surface area contributed by atoms with E-state index in [1.807, 2.05) is 0 Å². The summed E-state index contributed by atoms with van der Waals surface area (Å²) in [5.41, 5.74) is 4.95. The number of hydrogen-bond acceptors (Lipinski definition) is 3. The largest absolute Gasteiger partial charge is 0.361 e. The highest BCUT2D eigenvalue weighted by atomic mass is 32.1. The van der Waals surface area contributed by atoms with Crippen molar-refractivity contribution in [3.05, 3.63) is 71.4 Å². The SMILES string of the molecule is CN1C/C(=C\c2c[nH]c3ccccc23)C(=S)C(Cc2ccc(S)cc2)C1. The first-order valence-corrected chi connectivity index (χ1v) is 9.73. The van der Waals surface area contributed by atoms with Gasteiger partial charge in [-0.1, -0.05) is 42.5 Å². The lowest BCUT2D eigenvalue weighted by atomic mass is 9.87. The number of thiocarbonyl (C=S) groups is 1. The Morgan fingerprint density at radius 3 is 2.77 bits per heavy atom. The Morgan fingerprint density at radius 1 is 1.19 bits per heavy atom. The van der Waals surface area contributed by atoms with E-state index in [0.717, 1.165) is 34.8 Å². The minimum atomic E-state index is 0.367. The summed E-state index contributed by atoms with van der Waals surface area (Å²) in [5, 5.41) is 1.25. The zero-order valence-corrected chi connectivity index (χ0v) is 16.5. The van der Waals surface area contributed by atoms with E-state index < -0.39 is 0 Å². The van der Waals surface area contributed by atoms with E-state index in [1.54, 1.807) is 0 Å². The molecule has 1 fully saturated rings. The first-order chi connectivity index (χ1) is 12.6. The van der Waals surface area contributed by atoms with Crippen molar-refractivity contribution < 1.29 is 0 Å². The number of nitrogens with one attached hydrogen (secondary N) is 1. The number of benzene rings is 2. The monoisotopic (exact) mass is 378 g/mol. The Bertz CT molecular complexity index is 969. The van der Waals surface area contributed by atoms with Gasteiger partial charge in [-0.3, -0.25) is 0 Å². The summed E-state index contributed by atoms with van der Waals surface area (Å²) < 4.78 is 0. The number of piperidine rings is 1.